The zero-order chi connectivity index (χ0) is 52.2. The van der Waals surface area contributed by atoms with Gasteiger partial charge in [0, 0.05) is 105 Å². The van der Waals surface area contributed by atoms with Crippen molar-refractivity contribution in [3.63, 3.8) is 0 Å². The van der Waals surface area contributed by atoms with Crippen LogP contribution in [0.4, 0.5) is 21.5 Å². The third-order valence-corrected chi connectivity index (χ3v) is 14.8. The van der Waals surface area contributed by atoms with Crippen LogP contribution in [0.3, 0.4) is 0 Å². The second-order valence-electron chi connectivity index (χ2n) is 19.4. The van der Waals surface area contributed by atoms with E-state index in [9.17, 15) is 19.2 Å². The van der Waals surface area contributed by atoms with Crippen LogP contribution in [-0.2, 0) is 19.2 Å². The fraction of sp³-hybridized carbons (Fsp3) is 0.569. The van der Waals surface area contributed by atoms with Crippen molar-refractivity contribution in [2.45, 2.75) is 132 Å². The Kier molecular flexibility index (Phi) is 23.2. The Morgan fingerprint density at radius 1 is 0.944 bits per heavy atom. The van der Waals surface area contributed by atoms with E-state index in [1.807, 2.05) is 64.2 Å². The second kappa shape index (κ2) is 29.2. The number of benzene rings is 1. The van der Waals surface area contributed by atoms with Gasteiger partial charge in [0.05, 0.1) is 17.9 Å². The number of allylic oxidation sites excluding steroid dienone is 4. The highest BCUT2D eigenvalue weighted by Gasteiger charge is 2.30. The molecule has 13 nitrogen and oxygen atoms in total. The number of Topliss-reactive ketones (excluding diaryl/α,β-unsaturated/α-hetero) is 1. The number of rotatable bonds is 19. The molecule has 4 N–H and O–H groups in total. The van der Waals surface area contributed by atoms with Crippen molar-refractivity contribution in [1.82, 2.24) is 30.7 Å². The number of pyridine rings is 1. The highest BCUT2D eigenvalue weighted by Crippen LogP contribution is 2.34. The predicted molar refractivity (Wildman–Crippen MR) is 293 cm³/mol. The van der Waals surface area contributed by atoms with Crippen LogP contribution in [0.5, 0.6) is 0 Å². The largest absolute Gasteiger partial charge is 0.384 e. The first-order valence-corrected chi connectivity index (χ1v) is 27.1. The van der Waals surface area contributed by atoms with Gasteiger partial charge in [-0.15, -0.1) is 0 Å². The molecule has 1 aliphatic carbocycles. The summed E-state index contributed by atoms with van der Waals surface area (Å²) < 4.78 is 15.4. The van der Waals surface area contributed by atoms with Gasteiger partial charge in [-0.05, 0) is 140 Å². The van der Waals surface area contributed by atoms with Crippen molar-refractivity contribution >= 4 is 47.0 Å². The van der Waals surface area contributed by atoms with E-state index in [2.05, 4.69) is 86.9 Å². The highest BCUT2D eigenvalue weighted by atomic mass is 19.1. The lowest BCUT2D eigenvalue weighted by atomic mass is 9.82. The van der Waals surface area contributed by atoms with E-state index in [1.165, 1.54) is 17.2 Å². The monoisotopic (exact) mass is 992 g/mol. The van der Waals surface area contributed by atoms with E-state index in [4.69, 9.17) is 0 Å². The van der Waals surface area contributed by atoms with Gasteiger partial charge in [-0.3, -0.25) is 29.1 Å². The molecule has 2 atom stereocenters. The maximum atomic E-state index is 15.4. The number of halogens is 1. The van der Waals surface area contributed by atoms with Gasteiger partial charge in [-0.25, -0.2) is 4.39 Å². The van der Waals surface area contributed by atoms with E-state index < -0.39 is 6.04 Å². The molecule has 0 spiro atoms. The van der Waals surface area contributed by atoms with Crippen LogP contribution in [0, 0.1) is 24.6 Å². The summed E-state index contributed by atoms with van der Waals surface area (Å²) in [4.78, 5) is 62.7. The first-order valence-electron chi connectivity index (χ1n) is 27.1. The number of aldehydes is 1. The van der Waals surface area contributed by atoms with E-state index in [1.54, 1.807) is 12.1 Å². The van der Waals surface area contributed by atoms with Gasteiger partial charge < -0.3 is 36.0 Å². The summed E-state index contributed by atoms with van der Waals surface area (Å²) >= 11 is 0. The molecule has 1 aromatic heterocycles. The van der Waals surface area contributed by atoms with Crippen molar-refractivity contribution in [3.8, 4) is 0 Å². The van der Waals surface area contributed by atoms with Crippen LogP contribution in [0.2, 0.25) is 0 Å². The number of hydrogen-bond acceptors (Lipinski definition) is 11. The van der Waals surface area contributed by atoms with Gasteiger partial charge >= 0.3 is 0 Å². The SMILES string of the molecule is CC.CC.CCCN(CCNCC1CCN(C(=O)C2=CC=C(C3CCN(C(C)/C(C)=C/c4c(N(C)/C=C\C5=C(C=O)CCN5)ccnc4C)CC3)CC2)CC1)c1ccc(NC2CCC(=O)CNC2=O)cc1F. The van der Waals surface area contributed by atoms with Gasteiger partial charge in [0.15, 0.2) is 5.78 Å². The van der Waals surface area contributed by atoms with Crippen LogP contribution in [0.25, 0.3) is 6.08 Å². The van der Waals surface area contributed by atoms with Crippen molar-refractivity contribution in [2.24, 2.45) is 11.8 Å². The third-order valence-electron chi connectivity index (χ3n) is 14.8. The topological polar surface area (TPSA) is 142 Å². The summed E-state index contributed by atoms with van der Waals surface area (Å²) in [5.74, 6) is 0.630. The number of carbonyl (C=O) groups excluding carboxylic acids is 4. The minimum absolute atomic E-state index is 0.00267. The van der Waals surface area contributed by atoms with Crippen LogP contribution >= 0.6 is 0 Å². The summed E-state index contributed by atoms with van der Waals surface area (Å²) in [6, 6.07) is 6.77. The molecule has 2 unspecified atom stereocenters. The van der Waals surface area contributed by atoms with Crippen LogP contribution in [0.1, 0.15) is 124 Å². The van der Waals surface area contributed by atoms with Crippen molar-refractivity contribution in [3.05, 3.63) is 100.0 Å². The number of piperidine rings is 2. The molecular formula is C58H86FN9O4. The molecule has 2 amide bonds. The van der Waals surface area contributed by atoms with E-state index >= 15 is 4.39 Å². The zero-order valence-corrected chi connectivity index (χ0v) is 45.0. The number of likely N-dealkylation sites (tertiary alicyclic amines) is 2. The van der Waals surface area contributed by atoms with Gasteiger partial charge in [0.1, 0.15) is 18.1 Å². The lowest BCUT2D eigenvalue weighted by Gasteiger charge is -2.38. The lowest BCUT2D eigenvalue weighted by Crippen LogP contribution is -2.42. The fourth-order valence-corrected chi connectivity index (χ4v) is 10.4. The molecule has 14 heteroatoms. The smallest absolute Gasteiger partial charge is 0.249 e. The first kappa shape index (κ1) is 57.3. The Morgan fingerprint density at radius 2 is 1.69 bits per heavy atom. The average molecular weight is 992 g/mol. The quantitative estimate of drug-likeness (QED) is 0.0791. The first-order chi connectivity index (χ1) is 34.9. The number of nitrogens with zero attached hydrogens (tertiary/aromatic N) is 5. The lowest BCUT2D eigenvalue weighted by molar-refractivity contribution is -0.128. The number of amides is 2. The Morgan fingerprint density at radius 3 is 2.38 bits per heavy atom. The molecule has 1 aromatic carbocycles. The molecule has 5 heterocycles. The number of carbonyl (C=O) groups is 4. The van der Waals surface area contributed by atoms with E-state index in [0.717, 1.165) is 144 Å². The number of nitrogens with one attached hydrogen (secondary N) is 4. The van der Waals surface area contributed by atoms with E-state index in [0.29, 0.717) is 42.6 Å². The van der Waals surface area contributed by atoms with Gasteiger partial charge in [0.2, 0.25) is 11.8 Å². The Labute approximate surface area is 430 Å². The third kappa shape index (κ3) is 15.7. The Balaban J connectivity index is 0.00000235. The Hall–Kier alpha value is -5.60. The molecule has 0 saturated carbocycles. The minimum Gasteiger partial charge on any atom is -0.384 e. The zero-order valence-electron chi connectivity index (χ0n) is 45.0. The minimum atomic E-state index is -0.571. The number of anilines is 3. The number of aryl methyl sites for hydroxylation is 1. The number of aromatic nitrogens is 1. The van der Waals surface area contributed by atoms with Crippen molar-refractivity contribution in [1.29, 1.82) is 0 Å². The molecule has 72 heavy (non-hydrogen) atoms. The molecule has 394 valence electrons. The molecule has 3 saturated heterocycles. The molecule has 3 fully saturated rings. The molecule has 7 rings (SSSR count). The van der Waals surface area contributed by atoms with Crippen LogP contribution in [-0.4, -0.2) is 123 Å². The molecule has 0 radical (unpaired) electrons. The molecule has 0 bridgehead atoms. The van der Waals surface area contributed by atoms with Gasteiger partial charge in [-0.1, -0.05) is 64.0 Å². The normalized spacial score (nSPS) is 19.7. The molecular weight excluding hydrogens is 906 g/mol. The summed E-state index contributed by atoms with van der Waals surface area (Å²) in [6.07, 6.45) is 21.7. The molecule has 2 aromatic rings. The summed E-state index contributed by atoms with van der Waals surface area (Å²) in [6.45, 7) is 24.1. The van der Waals surface area contributed by atoms with Gasteiger partial charge in [-0.2, -0.15) is 0 Å². The van der Waals surface area contributed by atoms with Crippen LogP contribution < -0.4 is 31.1 Å². The fourth-order valence-electron chi connectivity index (χ4n) is 10.4. The van der Waals surface area contributed by atoms with E-state index in [-0.39, 0.29) is 36.0 Å². The standard InChI is InChI=1S/C54H74FN9O4.2C2H6/c1-6-25-63(52-14-11-45(33-48(52)55)60-50-13-12-46(66)35-59-53(50)67)31-24-56-34-40-17-27-64(28-18-40)54(68)43-9-7-41(8-10-43)42-19-29-62(30-20-42)39(4)37(2)32-47-38(3)57-23-16-51(47)61(5)26-21-49-44(36-65)15-22-58-49;2*1-2/h7,9,11,14,16,21,23,26,32-33,36,39-40,42,50,56,58,60H,6,8,10,12-13,15,17-20,22,24-25,27-31,34-35H2,1-5H3,(H,59,67);2*1-2H3/b26-21-,37-32+;;. The maximum absolute atomic E-state index is 15.4. The summed E-state index contributed by atoms with van der Waals surface area (Å²) in [5, 5.41) is 12.7. The van der Waals surface area contributed by atoms with Gasteiger partial charge in [0.25, 0.3) is 0 Å². The maximum Gasteiger partial charge on any atom is 0.249 e. The van der Waals surface area contributed by atoms with Crippen molar-refractivity contribution < 1.29 is 23.6 Å². The number of hydrogen-bond donors (Lipinski definition) is 4. The summed E-state index contributed by atoms with van der Waals surface area (Å²) in [5.41, 5.74) is 9.63. The summed E-state index contributed by atoms with van der Waals surface area (Å²) in [7, 11) is 2.04. The van der Waals surface area contributed by atoms with Crippen LogP contribution in [0.15, 0.2) is 82.9 Å². The predicted octanol–water partition coefficient (Wildman–Crippen LogP) is 9.13. The molecule has 5 aliphatic rings. The van der Waals surface area contributed by atoms with Crippen molar-refractivity contribution in [2.75, 3.05) is 87.6 Å². The highest BCUT2D eigenvalue weighted by molar-refractivity contribution is 5.94. The molecule has 4 aliphatic heterocycles. The Bertz CT molecular complexity index is 2290. The second-order valence-corrected chi connectivity index (χ2v) is 19.4. The number of ketones is 1. The average Bonchev–Trinajstić information content (AvgIpc) is 3.82.